The molecular formula is C11H16N2O. The predicted octanol–water partition coefficient (Wildman–Crippen LogP) is 2.46. The van der Waals surface area contributed by atoms with E-state index in [2.05, 4.69) is 24.0 Å². The van der Waals surface area contributed by atoms with Crippen molar-refractivity contribution in [3.05, 3.63) is 11.7 Å². The molecule has 0 radical (unpaired) electrons. The highest BCUT2D eigenvalue weighted by molar-refractivity contribution is 5.30. The Bertz CT molecular complexity index is 361. The van der Waals surface area contributed by atoms with E-state index in [1.807, 2.05) is 6.92 Å². The Morgan fingerprint density at radius 1 is 1.29 bits per heavy atom. The second-order valence-electron chi connectivity index (χ2n) is 5.46. The summed E-state index contributed by atoms with van der Waals surface area (Å²) in [5, 5.41) is 4.05. The molecule has 0 atom stereocenters. The molecule has 3 heteroatoms. The van der Waals surface area contributed by atoms with E-state index in [-0.39, 0.29) is 0 Å². The fourth-order valence-electron chi connectivity index (χ4n) is 3.23. The lowest BCUT2D eigenvalue weighted by Gasteiger charge is -2.71. The Morgan fingerprint density at radius 3 is 2.36 bits per heavy atom. The molecule has 4 rings (SSSR count). The minimum absolute atomic E-state index is 0.308. The lowest BCUT2D eigenvalue weighted by molar-refractivity contribution is -0.177. The second-order valence-corrected chi connectivity index (χ2v) is 5.46. The van der Waals surface area contributed by atoms with Crippen LogP contribution in [0.4, 0.5) is 0 Å². The fourth-order valence-corrected chi connectivity index (χ4v) is 3.23. The van der Waals surface area contributed by atoms with Crippen molar-refractivity contribution in [2.24, 2.45) is 11.3 Å². The molecule has 2 bridgehead atoms. The Morgan fingerprint density at radius 2 is 1.93 bits per heavy atom. The van der Waals surface area contributed by atoms with Crippen LogP contribution in [0.3, 0.4) is 0 Å². The van der Waals surface area contributed by atoms with Gasteiger partial charge in [-0.05, 0) is 30.6 Å². The molecule has 1 heterocycles. The standard InChI is InChI=1S/C11H16N2O/c1-7(2)10-4-11(5-10,6-10)9-12-8(3)14-13-9/h7H,4-6H2,1-3H3. The zero-order valence-corrected chi connectivity index (χ0v) is 9.00. The Labute approximate surface area is 83.9 Å². The molecule has 0 amide bonds. The van der Waals surface area contributed by atoms with Gasteiger partial charge in [-0.15, -0.1) is 0 Å². The van der Waals surface area contributed by atoms with Gasteiger partial charge in [0.1, 0.15) is 0 Å². The molecule has 3 nitrogen and oxygen atoms in total. The predicted molar refractivity (Wildman–Crippen MR) is 51.8 cm³/mol. The summed E-state index contributed by atoms with van der Waals surface area (Å²) in [4.78, 5) is 4.36. The van der Waals surface area contributed by atoms with Gasteiger partial charge in [-0.2, -0.15) is 4.98 Å². The van der Waals surface area contributed by atoms with Gasteiger partial charge in [-0.3, -0.25) is 0 Å². The smallest absolute Gasteiger partial charge is 0.223 e. The summed E-state index contributed by atoms with van der Waals surface area (Å²) >= 11 is 0. The Kier molecular flexibility index (Phi) is 1.33. The minimum Gasteiger partial charge on any atom is -0.340 e. The van der Waals surface area contributed by atoms with Gasteiger partial charge in [0, 0.05) is 12.3 Å². The van der Waals surface area contributed by atoms with E-state index in [0.717, 1.165) is 11.7 Å². The van der Waals surface area contributed by atoms with Crippen LogP contribution < -0.4 is 0 Å². The SMILES string of the molecule is Cc1nc(C23CC(C(C)C)(C2)C3)no1. The average molecular weight is 192 g/mol. The number of aryl methyl sites for hydroxylation is 1. The van der Waals surface area contributed by atoms with Crippen LogP contribution in [0.15, 0.2) is 4.52 Å². The van der Waals surface area contributed by atoms with Gasteiger partial charge >= 0.3 is 0 Å². The van der Waals surface area contributed by atoms with Crippen molar-refractivity contribution in [3.63, 3.8) is 0 Å². The van der Waals surface area contributed by atoms with E-state index < -0.39 is 0 Å². The largest absolute Gasteiger partial charge is 0.340 e. The lowest BCUT2D eigenvalue weighted by Crippen LogP contribution is -2.67. The highest BCUT2D eigenvalue weighted by atomic mass is 16.5. The average Bonchev–Trinajstić information content (AvgIpc) is 2.28. The normalized spacial score (nSPS) is 39.4. The highest BCUT2D eigenvalue weighted by Crippen LogP contribution is 2.75. The van der Waals surface area contributed by atoms with E-state index >= 15 is 0 Å². The molecule has 1 aromatic rings. The number of aromatic nitrogens is 2. The summed E-state index contributed by atoms with van der Waals surface area (Å²) in [6.07, 6.45) is 3.82. The lowest BCUT2D eigenvalue weighted by atomic mass is 9.32. The van der Waals surface area contributed by atoms with Gasteiger partial charge in [0.15, 0.2) is 5.82 Å². The molecule has 3 aliphatic rings. The summed E-state index contributed by atoms with van der Waals surface area (Å²) in [7, 11) is 0. The molecule has 0 N–H and O–H groups in total. The van der Waals surface area contributed by atoms with Gasteiger partial charge in [0.25, 0.3) is 0 Å². The van der Waals surface area contributed by atoms with E-state index in [0.29, 0.717) is 16.7 Å². The van der Waals surface area contributed by atoms with Crippen LogP contribution in [0.5, 0.6) is 0 Å². The second kappa shape index (κ2) is 2.20. The van der Waals surface area contributed by atoms with E-state index in [4.69, 9.17) is 4.52 Å². The first kappa shape index (κ1) is 8.45. The van der Waals surface area contributed by atoms with Gasteiger partial charge in [0.2, 0.25) is 5.89 Å². The molecule has 3 saturated carbocycles. The van der Waals surface area contributed by atoms with E-state index in [9.17, 15) is 0 Å². The first-order valence-electron chi connectivity index (χ1n) is 5.37. The monoisotopic (exact) mass is 192 g/mol. The van der Waals surface area contributed by atoms with Gasteiger partial charge < -0.3 is 4.52 Å². The third-order valence-corrected chi connectivity index (χ3v) is 4.30. The van der Waals surface area contributed by atoms with Crippen molar-refractivity contribution in [1.82, 2.24) is 10.1 Å². The van der Waals surface area contributed by atoms with Crippen molar-refractivity contribution in [3.8, 4) is 0 Å². The molecule has 76 valence electrons. The highest BCUT2D eigenvalue weighted by Gasteiger charge is 2.71. The molecule has 0 aliphatic heterocycles. The molecule has 3 fully saturated rings. The van der Waals surface area contributed by atoms with Crippen molar-refractivity contribution in [2.75, 3.05) is 0 Å². The molecule has 14 heavy (non-hydrogen) atoms. The maximum absolute atomic E-state index is 5.04. The molecule has 3 aliphatic carbocycles. The number of hydrogen-bond acceptors (Lipinski definition) is 3. The van der Waals surface area contributed by atoms with Crippen LogP contribution in [0.2, 0.25) is 0 Å². The van der Waals surface area contributed by atoms with E-state index in [1.165, 1.54) is 19.3 Å². The molecule has 1 aromatic heterocycles. The number of nitrogens with zero attached hydrogens (tertiary/aromatic N) is 2. The van der Waals surface area contributed by atoms with Crippen molar-refractivity contribution in [2.45, 2.75) is 45.4 Å². The summed E-state index contributed by atoms with van der Waals surface area (Å²) in [5.74, 6) is 2.46. The summed E-state index contributed by atoms with van der Waals surface area (Å²) in [6, 6.07) is 0. The van der Waals surface area contributed by atoms with Crippen molar-refractivity contribution in [1.29, 1.82) is 0 Å². The fraction of sp³-hybridized carbons (Fsp3) is 0.818. The Hall–Kier alpha value is -0.860. The topological polar surface area (TPSA) is 38.9 Å². The van der Waals surface area contributed by atoms with Crippen LogP contribution in [-0.2, 0) is 5.41 Å². The molecule has 0 unspecified atom stereocenters. The van der Waals surface area contributed by atoms with Gasteiger partial charge in [-0.25, -0.2) is 0 Å². The van der Waals surface area contributed by atoms with Gasteiger partial charge in [0.05, 0.1) is 0 Å². The molecule has 0 aromatic carbocycles. The third-order valence-electron chi connectivity index (χ3n) is 4.30. The molecule has 0 saturated heterocycles. The third kappa shape index (κ3) is 0.787. The number of rotatable bonds is 2. The molecular weight excluding hydrogens is 176 g/mol. The van der Waals surface area contributed by atoms with Crippen LogP contribution in [0.25, 0.3) is 0 Å². The van der Waals surface area contributed by atoms with Crippen LogP contribution in [0.1, 0.15) is 44.8 Å². The summed E-state index contributed by atoms with van der Waals surface area (Å²) in [6.45, 7) is 6.51. The van der Waals surface area contributed by atoms with E-state index in [1.54, 1.807) is 0 Å². The van der Waals surface area contributed by atoms with Crippen molar-refractivity contribution < 1.29 is 4.52 Å². The minimum atomic E-state index is 0.308. The maximum Gasteiger partial charge on any atom is 0.223 e. The van der Waals surface area contributed by atoms with Crippen LogP contribution in [-0.4, -0.2) is 10.1 Å². The Balaban J connectivity index is 1.81. The number of hydrogen-bond donors (Lipinski definition) is 0. The molecule has 0 spiro atoms. The summed E-state index contributed by atoms with van der Waals surface area (Å²) in [5.41, 5.74) is 0.927. The maximum atomic E-state index is 5.04. The summed E-state index contributed by atoms with van der Waals surface area (Å²) < 4.78 is 5.04. The van der Waals surface area contributed by atoms with Crippen molar-refractivity contribution >= 4 is 0 Å². The first-order valence-corrected chi connectivity index (χ1v) is 5.37. The van der Waals surface area contributed by atoms with Crippen LogP contribution >= 0.6 is 0 Å². The van der Waals surface area contributed by atoms with Gasteiger partial charge in [-0.1, -0.05) is 19.0 Å². The zero-order chi connectivity index (χ0) is 9.97. The first-order chi connectivity index (χ1) is 6.56. The van der Waals surface area contributed by atoms with Crippen LogP contribution in [0, 0.1) is 18.3 Å². The quantitative estimate of drug-likeness (QED) is 0.722. The zero-order valence-electron chi connectivity index (χ0n) is 9.00.